The van der Waals surface area contributed by atoms with E-state index in [-0.39, 0.29) is 0 Å². The Hall–Kier alpha value is -0.580. The molecule has 0 rings (SSSR count). The minimum Gasteiger partial charge on any atom is -0.303 e. The van der Waals surface area contributed by atoms with Gasteiger partial charge in [0.05, 0.1) is 0 Å². The fraction of sp³-hybridized carbons (Fsp3) is 1.00. The summed E-state index contributed by atoms with van der Waals surface area (Å²) in [7, 11) is -4.64. The van der Waals surface area contributed by atoms with Crippen LogP contribution in [-0.4, -0.2) is 21.2 Å². The number of unbranched alkanes of at least 4 members (excludes halogenated alkanes) is 1. The SMILES string of the molecule is CCCCC(CC)CN=[N+]=[N-].O=P(O)(O)O. The van der Waals surface area contributed by atoms with Crippen LogP contribution in [0.1, 0.15) is 39.5 Å². The van der Waals surface area contributed by atoms with E-state index in [1.54, 1.807) is 0 Å². The van der Waals surface area contributed by atoms with Gasteiger partial charge in [-0.1, -0.05) is 44.6 Å². The molecule has 0 heterocycles. The largest absolute Gasteiger partial charge is 0.466 e. The maximum absolute atomic E-state index is 8.88. The van der Waals surface area contributed by atoms with Crippen molar-refractivity contribution in [2.75, 3.05) is 6.54 Å². The predicted octanol–water partition coefficient (Wildman–Crippen LogP) is 2.58. The molecule has 0 saturated carbocycles. The fourth-order valence-electron chi connectivity index (χ4n) is 1.07. The number of hydrogen-bond acceptors (Lipinski definition) is 2. The molecule has 0 fully saturated rings. The Balaban J connectivity index is 0. The molecule has 16 heavy (non-hydrogen) atoms. The van der Waals surface area contributed by atoms with E-state index in [1.165, 1.54) is 19.3 Å². The van der Waals surface area contributed by atoms with Gasteiger partial charge < -0.3 is 14.7 Å². The van der Waals surface area contributed by atoms with Crippen LogP contribution in [0.2, 0.25) is 0 Å². The molecule has 3 N–H and O–H groups in total. The highest BCUT2D eigenvalue weighted by molar-refractivity contribution is 7.45. The third-order valence-electron chi connectivity index (χ3n) is 1.95. The van der Waals surface area contributed by atoms with Gasteiger partial charge >= 0.3 is 7.82 Å². The first-order valence-corrected chi connectivity index (χ1v) is 6.70. The van der Waals surface area contributed by atoms with E-state index in [0.29, 0.717) is 12.5 Å². The summed E-state index contributed by atoms with van der Waals surface area (Å²) in [6.45, 7) is 5.00. The van der Waals surface area contributed by atoms with E-state index in [2.05, 4.69) is 23.9 Å². The number of azide groups is 1. The standard InChI is InChI=1S/C8H17N3.H3O4P/c1-3-5-6-8(4-2)7-10-11-9;1-5(2,3)4/h8H,3-7H2,1-2H3;(H3,1,2,3,4). The van der Waals surface area contributed by atoms with Crippen LogP contribution in [0.5, 0.6) is 0 Å². The molecule has 0 aromatic heterocycles. The van der Waals surface area contributed by atoms with Crippen molar-refractivity contribution in [3.05, 3.63) is 10.4 Å². The lowest BCUT2D eigenvalue weighted by molar-refractivity contribution is 0.275. The van der Waals surface area contributed by atoms with Gasteiger partial charge in [-0.05, 0) is 11.4 Å². The normalized spacial score (nSPS) is 12.1. The molecule has 0 aromatic carbocycles. The Kier molecular flexibility index (Phi) is 12.2. The van der Waals surface area contributed by atoms with Crippen molar-refractivity contribution in [1.82, 2.24) is 0 Å². The molecule has 0 aliphatic rings. The first-order chi connectivity index (χ1) is 7.35. The maximum atomic E-state index is 8.88. The van der Waals surface area contributed by atoms with Gasteiger partial charge in [-0.3, -0.25) is 0 Å². The van der Waals surface area contributed by atoms with Crippen molar-refractivity contribution in [2.45, 2.75) is 39.5 Å². The van der Waals surface area contributed by atoms with Gasteiger partial charge in [0, 0.05) is 11.5 Å². The lowest BCUT2D eigenvalue weighted by Crippen LogP contribution is -2.01. The zero-order chi connectivity index (χ0) is 13.0. The quantitative estimate of drug-likeness (QED) is 0.291. The summed E-state index contributed by atoms with van der Waals surface area (Å²) in [5, 5.41) is 3.58. The first kappa shape index (κ1) is 17.8. The number of hydrogen-bond donors (Lipinski definition) is 3. The summed E-state index contributed by atoms with van der Waals surface area (Å²) in [6.07, 6.45) is 4.80. The predicted molar refractivity (Wildman–Crippen MR) is 61.6 cm³/mol. The van der Waals surface area contributed by atoms with E-state index in [0.717, 1.165) is 6.42 Å². The molecule has 0 bridgehead atoms. The average Bonchev–Trinajstić information content (AvgIpc) is 2.16. The molecule has 1 atom stereocenters. The molecule has 1 unspecified atom stereocenters. The topological polar surface area (TPSA) is 127 Å². The van der Waals surface area contributed by atoms with Gasteiger partial charge in [0.15, 0.2) is 0 Å². The summed E-state index contributed by atoms with van der Waals surface area (Å²) < 4.78 is 8.88. The van der Waals surface area contributed by atoms with E-state index in [4.69, 9.17) is 24.8 Å². The number of phosphoric acid groups is 1. The maximum Gasteiger partial charge on any atom is 0.466 e. The molecule has 0 saturated heterocycles. The van der Waals surface area contributed by atoms with Gasteiger partial charge in [-0.25, -0.2) is 4.57 Å². The van der Waals surface area contributed by atoms with Crippen molar-refractivity contribution in [3.63, 3.8) is 0 Å². The smallest absolute Gasteiger partial charge is 0.303 e. The molecular formula is C8H20N3O4P. The van der Waals surface area contributed by atoms with Gasteiger partial charge in [0.1, 0.15) is 0 Å². The molecular weight excluding hydrogens is 233 g/mol. The Bertz CT molecular complexity index is 241. The van der Waals surface area contributed by atoms with E-state index in [9.17, 15) is 0 Å². The first-order valence-electron chi connectivity index (χ1n) is 5.14. The van der Waals surface area contributed by atoms with Crippen LogP contribution in [0.25, 0.3) is 10.4 Å². The van der Waals surface area contributed by atoms with E-state index < -0.39 is 7.82 Å². The van der Waals surface area contributed by atoms with Crippen molar-refractivity contribution in [1.29, 1.82) is 0 Å². The Morgan fingerprint density at radius 2 is 1.88 bits per heavy atom. The highest BCUT2D eigenvalue weighted by Crippen LogP contribution is 2.25. The third-order valence-corrected chi connectivity index (χ3v) is 1.95. The molecule has 8 heteroatoms. The Labute approximate surface area is 95.4 Å². The molecule has 0 aliphatic heterocycles. The second-order valence-corrected chi connectivity index (χ2v) is 4.37. The van der Waals surface area contributed by atoms with Gasteiger partial charge in [0.25, 0.3) is 0 Å². The molecule has 0 aromatic rings. The van der Waals surface area contributed by atoms with Crippen LogP contribution in [0.3, 0.4) is 0 Å². The Morgan fingerprint density at radius 1 is 1.38 bits per heavy atom. The van der Waals surface area contributed by atoms with Crippen molar-refractivity contribution < 1.29 is 19.2 Å². The van der Waals surface area contributed by atoms with Crippen molar-refractivity contribution >= 4 is 7.82 Å². The highest BCUT2D eigenvalue weighted by Gasteiger charge is 2.02. The summed E-state index contributed by atoms with van der Waals surface area (Å²) in [6, 6.07) is 0. The molecule has 7 nitrogen and oxygen atoms in total. The second-order valence-electron chi connectivity index (χ2n) is 3.34. The van der Waals surface area contributed by atoms with Gasteiger partial charge in [-0.15, -0.1) is 0 Å². The minimum absolute atomic E-state index is 0.603. The van der Waals surface area contributed by atoms with Crippen molar-refractivity contribution in [2.24, 2.45) is 11.0 Å². The van der Waals surface area contributed by atoms with Crippen LogP contribution in [0.4, 0.5) is 0 Å². The van der Waals surface area contributed by atoms with E-state index >= 15 is 0 Å². The molecule has 0 spiro atoms. The van der Waals surface area contributed by atoms with Crippen LogP contribution >= 0.6 is 7.82 Å². The summed E-state index contributed by atoms with van der Waals surface area (Å²) in [5.41, 5.74) is 8.09. The monoisotopic (exact) mass is 253 g/mol. The van der Waals surface area contributed by atoms with Crippen LogP contribution in [0, 0.1) is 5.92 Å². The van der Waals surface area contributed by atoms with Crippen LogP contribution < -0.4 is 0 Å². The van der Waals surface area contributed by atoms with Crippen LogP contribution in [-0.2, 0) is 4.57 Å². The van der Waals surface area contributed by atoms with E-state index in [1.807, 2.05) is 0 Å². The molecule has 0 amide bonds. The minimum atomic E-state index is -4.64. The average molecular weight is 253 g/mol. The second kappa shape index (κ2) is 10.9. The summed E-state index contributed by atoms with van der Waals surface area (Å²) in [5.74, 6) is 0.603. The van der Waals surface area contributed by atoms with Gasteiger partial charge in [-0.2, -0.15) is 0 Å². The lowest BCUT2D eigenvalue weighted by Gasteiger charge is -2.09. The molecule has 96 valence electrons. The number of rotatable bonds is 6. The zero-order valence-electron chi connectivity index (χ0n) is 9.65. The van der Waals surface area contributed by atoms with Crippen LogP contribution in [0.15, 0.2) is 5.11 Å². The van der Waals surface area contributed by atoms with Crippen molar-refractivity contribution in [3.8, 4) is 0 Å². The summed E-state index contributed by atoms with van der Waals surface area (Å²) >= 11 is 0. The lowest BCUT2D eigenvalue weighted by atomic mass is 10.00. The number of nitrogens with zero attached hydrogens (tertiary/aromatic N) is 3. The van der Waals surface area contributed by atoms with Gasteiger partial charge in [0.2, 0.25) is 0 Å². The fourth-order valence-corrected chi connectivity index (χ4v) is 1.07. The molecule has 0 aliphatic carbocycles. The third kappa shape index (κ3) is 23.3. The Morgan fingerprint density at radius 3 is 2.19 bits per heavy atom. The summed E-state index contributed by atoms with van der Waals surface area (Å²) in [4.78, 5) is 24.3. The molecule has 0 radical (unpaired) electrons. The zero-order valence-corrected chi connectivity index (χ0v) is 10.5. The highest BCUT2D eigenvalue weighted by atomic mass is 31.2.